The van der Waals surface area contributed by atoms with Crippen molar-refractivity contribution in [2.45, 2.75) is 13.8 Å². The van der Waals surface area contributed by atoms with Crippen LogP contribution in [0, 0.1) is 6.92 Å². The highest BCUT2D eigenvalue weighted by Gasteiger charge is 2.02. The minimum absolute atomic E-state index is 0.346. The summed E-state index contributed by atoms with van der Waals surface area (Å²) < 4.78 is 10.2. The first kappa shape index (κ1) is 11.4. The fourth-order valence-electron chi connectivity index (χ4n) is 1.51. The number of nitrogens with zero attached hydrogens (tertiary/aromatic N) is 1. The van der Waals surface area contributed by atoms with E-state index in [0.29, 0.717) is 18.1 Å². The molecule has 0 aliphatic heterocycles. The monoisotopic (exact) mass is 231 g/mol. The van der Waals surface area contributed by atoms with Gasteiger partial charge in [-0.05, 0) is 30.7 Å². The molecule has 0 spiro atoms. The Morgan fingerprint density at radius 3 is 3.12 bits per heavy atom. The summed E-state index contributed by atoms with van der Waals surface area (Å²) >= 11 is 0. The van der Waals surface area contributed by atoms with Gasteiger partial charge in [-0.2, -0.15) is 0 Å². The summed E-state index contributed by atoms with van der Waals surface area (Å²) in [5.74, 6) is 0.285. The number of ether oxygens (including phenoxy) is 1. The highest BCUT2D eigenvalue weighted by Crippen LogP contribution is 2.17. The topological polar surface area (TPSA) is 52.3 Å². The van der Waals surface area contributed by atoms with Gasteiger partial charge >= 0.3 is 5.97 Å². The lowest BCUT2D eigenvalue weighted by Crippen LogP contribution is -1.98. The molecule has 1 heterocycles. The Labute approximate surface area is 98.9 Å². The van der Waals surface area contributed by atoms with E-state index < -0.39 is 0 Å². The van der Waals surface area contributed by atoms with Gasteiger partial charge < -0.3 is 9.15 Å². The van der Waals surface area contributed by atoms with E-state index in [1.807, 2.05) is 18.2 Å². The lowest BCUT2D eigenvalue weighted by Gasteiger charge is -1.95. The fourth-order valence-corrected chi connectivity index (χ4v) is 1.51. The Balaban J connectivity index is 2.21. The standard InChI is InChI=1S/C13H13NO3/c1-3-16-13(15)7-5-10-4-6-11-12(8-10)17-9(2)14-11/h4-8H,3H2,1-2H3. The number of hydrogen-bond donors (Lipinski definition) is 0. The van der Waals surface area contributed by atoms with Gasteiger partial charge in [0, 0.05) is 13.0 Å². The second kappa shape index (κ2) is 4.82. The summed E-state index contributed by atoms with van der Waals surface area (Å²) in [5, 5.41) is 0. The van der Waals surface area contributed by atoms with E-state index in [0.717, 1.165) is 11.1 Å². The van der Waals surface area contributed by atoms with Gasteiger partial charge in [0.2, 0.25) is 0 Å². The number of benzene rings is 1. The van der Waals surface area contributed by atoms with Crippen molar-refractivity contribution in [1.82, 2.24) is 4.98 Å². The predicted octanol–water partition coefficient (Wildman–Crippen LogP) is 2.71. The van der Waals surface area contributed by atoms with Crippen molar-refractivity contribution in [1.29, 1.82) is 0 Å². The molecule has 0 radical (unpaired) electrons. The molecule has 2 rings (SSSR count). The van der Waals surface area contributed by atoms with Gasteiger partial charge in [-0.3, -0.25) is 0 Å². The third kappa shape index (κ3) is 2.72. The summed E-state index contributed by atoms with van der Waals surface area (Å²) in [4.78, 5) is 15.3. The largest absolute Gasteiger partial charge is 0.463 e. The van der Waals surface area contributed by atoms with Crippen molar-refractivity contribution >= 4 is 23.1 Å². The van der Waals surface area contributed by atoms with E-state index >= 15 is 0 Å². The molecule has 1 aromatic carbocycles. The van der Waals surface area contributed by atoms with E-state index in [1.54, 1.807) is 19.9 Å². The van der Waals surface area contributed by atoms with Crippen molar-refractivity contribution in [3.8, 4) is 0 Å². The van der Waals surface area contributed by atoms with Crippen molar-refractivity contribution < 1.29 is 13.9 Å². The number of oxazole rings is 1. The Morgan fingerprint density at radius 2 is 2.35 bits per heavy atom. The smallest absolute Gasteiger partial charge is 0.330 e. The normalized spacial score (nSPS) is 11.2. The zero-order valence-corrected chi connectivity index (χ0v) is 9.77. The number of carbonyl (C=O) groups is 1. The molecule has 4 nitrogen and oxygen atoms in total. The van der Waals surface area contributed by atoms with Crippen LogP contribution in [0.25, 0.3) is 17.2 Å². The molecule has 0 saturated carbocycles. The predicted molar refractivity (Wildman–Crippen MR) is 64.4 cm³/mol. The lowest BCUT2D eigenvalue weighted by atomic mass is 10.2. The van der Waals surface area contributed by atoms with E-state index in [4.69, 9.17) is 9.15 Å². The Bertz CT molecular complexity index is 569. The van der Waals surface area contributed by atoms with Gasteiger partial charge in [-0.15, -0.1) is 0 Å². The molecule has 0 saturated heterocycles. The van der Waals surface area contributed by atoms with Crippen LogP contribution in [0.15, 0.2) is 28.7 Å². The third-order valence-electron chi connectivity index (χ3n) is 2.22. The molecular weight excluding hydrogens is 218 g/mol. The average Bonchev–Trinajstić information content (AvgIpc) is 2.66. The van der Waals surface area contributed by atoms with Gasteiger partial charge in [0.1, 0.15) is 5.52 Å². The maximum Gasteiger partial charge on any atom is 0.330 e. The van der Waals surface area contributed by atoms with Gasteiger partial charge in [-0.25, -0.2) is 9.78 Å². The summed E-state index contributed by atoms with van der Waals surface area (Å²) in [6.45, 7) is 3.95. The first-order chi connectivity index (χ1) is 8.19. The molecule has 0 bridgehead atoms. The molecule has 0 atom stereocenters. The van der Waals surface area contributed by atoms with Crippen LogP contribution < -0.4 is 0 Å². The molecule has 0 N–H and O–H groups in total. The van der Waals surface area contributed by atoms with Crippen molar-refractivity contribution in [3.05, 3.63) is 35.7 Å². The minimum atomic E-state index is -0.346. The number of aryl methyl sites for hydroxylation is 1. The maximum absolute atomic E-state index is 11.1. The number of aromatic nitrogens is 1. The second-order valence-electron chi connectivity index (χ2n) is 3.55. The summed E-state index contributed by atoms with van der Waals surface area (Å²) in [6.07, 6.45) is 3.09. The zero-order chi connectivity index (χ0) is 12.3. The second-order valence-corrected chi connectivity index (χ2v) is 3.55. The van der Waals surface area contributed by atoms with Crippen molar-refractivity contribution in [2.75, 3.05) is 6.61 Å². The van der Waals surface area contributed by atoms with Crippen LogP contribution in [0.4, 0.5) is 0 Å². The quantitative estimate of drug-likeness (QED) is 0.602. The number of hydrogen-bond acceptors (Lipinski definition) is 4. The Hall–Kier alpha value is -2.10. The number of esters is 1. The van der Waals surface area contributed by atoms with Crippen LogP contribution in [0.3, 0.4) is 0 Å². The average molecular weight is 231 g/mol. The molecule has 2 aromatic rings. The Morgan fingerprint density at radius 1 is 1.53 bits per heavy atom. The van der Waals surface area contributed by atoms with E-state index in [1.165, 1.54) is 6.08 Å². The van der Waals surface area contributed by atoms with Crippen molar-refractivity contribution in [2.24, 2.45) is 0 Å². The van der Waals surface area contributed by atoms with Crippen LogP contribution in [0.2, 0.25) is 0 Å². The van der Waals surface area contributed by atoms with Crippen molar-refractivity contribution in [3.63, 3.8) is 0 Å². The van der Waals surface area contributed by atoms with Crippen LogP contribution in [-0.4, -0.2) is 17.6 Å². The van der Waals surface area contributed by atoms with Gasteiger partial charge in [0.25, 0.3) is 0 Å². The number of carbonyl (C=O) groups excluding carboxylic acids is 1. The summed E-state index contributed by atoms with van der Waals surface area (Å²) in [7, 11) is 0. The molecule has 0 unspecified atom stereocenters. The van der Waals surface area contributed by atoms with E-state index in [9.17, 15) is 4.79 Å². The first-order valence-corrected chi connectivity index (χ1v) is 5.41. The minimum Gasteiger partial charge on any atom is -0.463 e. The molecule has 4 heteroatoms. The Kier molecular flexibility index (Phi) is 3.23. The first-order valence-electron chi connectivity index (χ1n) is 5.41. The SMILES string of the molecule is CCOC(=O)C=Cc1ccc2nc(C)oc2c1. The zero-order valence-electron chi connectivity index (χ0n) is 9.77. The van der Waals surface area contributed by atoms with Crippen LogP contribution in [0.1, 0.15) is 18.4 Å². The lowest BCUT2D eigenvalue weighted by molar-refractivity contribution is -0.137. The van der Waals surface area contributed by atoms with Gasteiger partial charge in [-0.1, -0.05) is 6.07 Å². The summed E-state index contributed by atoms with van der Waals surface area (Å²) in [5.41, 5.74) is 2.41. The molecule has 0 fully saturated rings. The summed E-state index contributed by atoms with van der Waals surface area (Å²) in [6, 6.07) is 5.57. The number of fused-ring (bicyclic) bond motifs is 1. The highest BCUT2D eigenvalue weighted by atomic mass is 16.5. The van der Waals surface area contributed by atoms with E-state index in [-0.39, 0.29) is 5.97 Å². The molecule has 0 aliphatic rings. The van der Waals surface area contributed by atoms with Crippen LogP contribution in [-0.2, 0) is 9.53 Å². The maximum atomic E-state index is 11.1. The van der Waals surface area contributed by atoms with Crippen LogP contribution in [0.5, 0.6) is 0 Å². The molecule has 17 heavy (non-hydrogen) atoms. The molecule has 0 amide bonds. The molecule has 1 aromatic heterocycles. The van der Waals surface area contributed by atoms with Crippen LogP contribution >= 0.6 is 0 Å². The number of rotatable bonds is 3. The van der Waals surface area contributed by atoms with E-state index in [2.05, 4.69) is 4.98 Å². The fraction of sp³-hybridized carbons (Fsp3) is 0.231. The third-order valence-corrected chi connectivity index (χ3v) is 2.22. The highest BCUT2D eigenvalue weighted by molar-refractivity contribution is 5.88. The van der Waals surface area contributed by atoms with Gasteiger partial charge in [0.05, 0.1) is 6.61 Å². The molecule has 0 aliphatic carbocycles. The molecule has 88 valence electrons. The van der Waals surface area contributed by atoms with Gasteiger partial charge in [0.15, 0.2) is 11.5 Å². The molecular formula is C13H13NO3.